The lowest BCUT2D eigenvalue weighted by Gasteiger charge is -2.20. The smallest absolute Gasteiger partial charge is 0.132 e. The average Bonchev–Trinajstić information content (AvgIpc) is 2.89. The van der Waals surface area contributed by atoms with Gasteiger partial charge < -0.3 is 9.47 Å². The Morgan fingerprint density at radius 2 is 1.41 bits per heavy atom. The molecule has 0 saturated carbocycles. The van der Waals surface area contributed by atoms with Gasteiger partial charge in [-0.05, 0) is 61.1 Å². The molecule has 0 atom stereocenters. The largest absolute Gasteiger partial charge is 0.496 e. The van der Waals surface area contributed by atoms with E-state index in [0.29, 0.717) is 6.61 Å². The maximum atomic E-state index is 6.25. The van der Waals surface area contributed by atoms with Crippen LogP contribution in [0.4, 0.5) is 0 Å². The third kappa shape index (κ3) is 4.70. The Kier molecular flexibility index (Phi) is 7.32. The Morgan fingerprint density at radius 1 is 0.765 bits per heavy atom. The van der Waals surface area contributed by atoms with E-state index in [-0.39, 0.29) is 0 Å². The van der Waals surface area contributed by atoms with Gasteiger partial charge in [-0.3, -0.25) is 4.98 Å². The molecule has 174 valence electrons. The van der Waals surface area contributed by atoms with Crippen LogP contribution in [0, 0.1) is 13.8 Å². The molecule has 0 aliphatic heterocycles. The summed E-state index contributed by atoms with van der Waals surface area (Å²) < 4.78 is 12.2. The van der Waals surface area contributed by atoms with Gasteiger partial charge in [0, 0.05) is 16.8 Å². The maximum absolute atomic E-state index is 6.25. The van der Waals surface area contributed by atoms with E-state index in [4.69, 9.17) is 14.5 Å². The lowest BCUT2D eigenvalue weighted by molar-refractivity contribution is 0.294. The van der Waals surface area contributed by atoms with Crippen LogP contribution < -0.4 is 9.47 Å². The number of hydrogen-bond donors (Lipinski definition) is 0. The minimum absolute atomic E-state index is 0.400. The molecule has 0 spiro atoms. The number of methoxy groups -OCH3 is 1. The van der Waals surface area contributed by atoms with Gasteiger partial charge in [0.15, 0.2) is 0 Å². The Labute approximate surface area is 203 Å². The SMILES string of the molecule is CCc1cccc(CC)c1-c1nc(C)c(COc2cccc(-c3ccccc3)c2)c(OC)c1C. The Morgan fingerprint density at radius 3 is 2.06 bits per heavy atom. The summed E-state index contributed by atoms with van der Waals surface area (Å²) in [7, 11) is 1.73. The normalized spacial score (nSPS) is 10.9. The van der Waals surface area contributed by atoms with E-state index < -0.39 is 0 Å². The summed E-state index contributed by atoms with van der Waals surface area (Å²) in [5.41, 5.74) is 10.2. The first-order valence-electron chi connectivity index (χ1n) is 12.0. The second-order valence-corrected chi connectivity index (χ2v) is 8.52. The second kappa shape index (κ2) is 10.6. The number of ether oxygens (including phenoxy) is 2. The summed E-state index contributed by atoms with van der Waals surface area (Å²) in [6.45, 7) is 8.95. The van der Waals surface area contributed by atoms with Crippen molar-refractivity contribution in [1.29, 1.82) is 0 Å². The molecule has 4 rings (SSSR count). The van der Waals surface area contributed by atoms with Crippen LogP contribution in [-0.2, 0) is 19.4 Å². The third-order valence-electron chi connectivity index (χ3n) is 6.45. The van der Waals surface area contributed by atoms with Crippen LogP contribution in [0.5, 0.6) is 11.5 Å². The molecule has 4 aromatic rings. The first-order chi connectivity index (χ1) is 16.6. The molecule has 0 aliphatic rings. The predicted molar refractivity (Wildman–Crippen MR) is 141 cm³/mol. The Balaban J connectivity index is 1.69. The van der Waals surface area contributed by atoms with Gasteiger partial charge in [-0.15, -0.1) is 0 Å². The summed E-state index contributed by atoms with van der Waals surface area (Å²) >= 11 is 0. The van der Waals surface area contributed by atoms with Crippen molar-refractivity contribution in [1.82, 2.24) is 4.98 Å². The fourth-order valence-electron chi connectivity index (χ4n) is 4.61. The van der Waals surface area contributed by atoms with Crippen LogP contribution in [-0.4, -0.2) is 12.1 Å². The molecule has 0 saturated heterocycles. The number of hydrogen-bond acceptors (Lipinski definition) is 3. The number of benzene rings is 3. The highest BCUT2D eigenvalue weighted by Gasteiger charge is 2.20. The van der Waals surface area contributed by atoms with Crippen LogP contribution >= 0.6 is 0 Å². The molecular weight excluding hydrogens is 418 g/mol. The molecule has 0 N–H and O–H groups in total. The highest BCUT2D eigenvalue weighted by molar-refractivity contribution is 5.74. The fourth-order valence-corrected chi connectivity index (χ4v) is 4.61. The molecule has 1 aromatic heterocycles. The molecule has 3 aromatic carbocycles. The molecule has 3 heteroatoms. The van der Waals surface area contributed by atoms with Crippen molar-refractivity contribution in [3.05, 3.63) is 101 Å². The van der Waals surface area contributed by atoms with Gasteiger partial charge in [0.05, 0.1) is 18.4 Å². The number of nitrogens with zero attached hydrogens (tertiary/aromatic N) is 1. The molecule has 0 bridgehead atoms. The zero-order chi connectivity index (χ0) is 24.1. The van der Waals surface area contributed by atoms with Crippen LogP contribution in [0.15, 0.2) is 72.8 Å². The molecule has 0 fully saturated rings. The number of aromatic nitrogens is 1. The van der Waals surface area contributed by atoms with Crippen molar-refractivity contribution >= 4 is 0 Å². The van der Waals surface area contributed by atoms with Crippen molar-refractivity contribution < 1.29 is 9.47 Å². The minimum atomic E-state index is 0.400. The lowest BCUT2D eigenvalue weighted by Crippen LogP contribution is -2.08. The van der Waals surface area contributed by atoms with E-state index >= 15 is 0 Å². The zero-order valence-corrected chi connectivity index (χ0v) is 20.8. The average molecular weight is 452 g/mol. The molecule has 3 nitrogen and oxygen atoms in total. The van der Waals surface area contributed by atoms with Gasteiger partial charge in [0.25, 0.3) is 0 Å². The van der Waals surface area contributed by atoms with Crippen molar-refractivity contribution in [2.45, 2.75) is 47.1 Å². The summed E-state index contributed by atoms with van der Waals surface area (Å²) in [5.74, 6) is 1.68. The molecular formula is C31H33NO2. The van der Waals surface area contributed by atoms with Crippen LogP contribution in [0.3, 0.4) is 0 Å². The molecule has 0 unspecified atom stereocenters. The first-order valence-corrected chi connectivity index (χ1v) is 12.0. The van der Waals surface area contributed by atoms with Crippen molar-refractivity contribution in [2.75, 3.05) is 7.11 Å². The van der Waals surface area contributed by atoms with E-state index in [0.717, 1.165) is 52.4 Å². The van der Waals surface area contributed by atoms with Crippen molar-refractivity contribution in [3.8, 4) is 33.9 Å². The summed E-state index contributed by atoms with van der Waals surface area (Å²) in [6.07, 6.45) is 1.93. The molecule has 0 aliphatic carbocycles. The van der Waals surface area contributed by atoms with Crippen LogP contribution in [0.2, 0.25) is 0 Å². The quantitative estimate of drug-likeness (QED) is 0.274. The van der Waals surface area contributed by atoms with E-state index in [1.807, 2.05) is 37.3 Å². The van der Waals surface area contributed by atoms with Gasteiger partial charge in [0.2, 0.25) is 0 Å². The molecule has 0 amide bonds. The summed E-state index contributed by atoms with van der Waals surface area (Å²) in [6, 6.07) is 25.1. The zero-order valence-electron chi connectivity index (χ0n) is 20.8. The maximum Gasteiger partial charge on any atom is 0.132 e. The highest BCUT2D eigenvalue weighted by atomic mass is 16.5. The van der Waals surface area contributed by atoms with Gasteiger partial charge >= 0.3 is 0 Å². The number of rotatable bonds is 8. The van der Waals surface area contributed by atoms with E-state index in [2.05, 4.69) is 63.2 Å². The van der Waals surface area contributed by atoms with Gasteiger partial charge in [0.1, 0.15) is 18.1 Å². The third-order valence-corrected chi connectivity index (χ3v) is 6.45. The van der Waals surface area contributed by atoms with Gasteiger partial charge in [-0.25, -0.2) is 0 Å². The molecule has 34 heavy (non-hydrogen) atoms. The topological polar surface area (TPSA) is 31.4 Å². The number of aryl methyl sites for hydroxylation is 3. The van der Waals surface area contributed by atoms with E-state index in [9.17, 15) is 0 Å². The first kappa shape index (κ1) is 23.6. The predicted octanol–water partition coefficient (Wildman–Crippen LogP) is 7.74. The minimum Gasteiger partial charge on any atom is -0.496 e. The summed E-state index contributed by atoms with van der Waals surface area (Å²) in [5, 5.41) is 0. The Hall–Kier alpha value is -3.59. The lowest BCUT2D eigenvalue weighted by atomic mass is 9.91. The van der Waals surface area contributed by atoms with Crippen LogP contribution in [0.25, 0.3) is 22.4 Å². The standard InChI is InChI=1S/C31H33NO2/c1-6-23-15-11-16-24(7-2)29(23)30-21(3)31(33-5)28(22(4)32-30)20-34-27-18-12-17-26(19-27)25-13-9-8-10-14-25/h8-19H,6-7,20H2,1-5H3. The Bertz CT molecular complexity index is 1260. The van der Waals surface area contributed by atoms with E-state index in [1.54, 1.807) is 7.11 Å². The highest BCUT2D eigenvalue weighted by Crippen LogP contribution is 2.37. The fraction of sp³-hybridized carbons (Fsp3) is 0.258. The van der Waals surface area contributed by atoms with Crippen LogP contribution in [0.1, 0.15) is 41.8 Å². The number of pyridine rings is 1. The van der Waals surface area contributed by atoms with Gasteiger partial charge in [-0.2, -0.15) is 0 Å². The second-order valence-electron chi connectivity index (χ2n) is 8.52. The van der Waals surface area contributed by atoms with Gasteiger partial charge in [-0.1, -0.05) is 74.5 Å². The van der Waals surface area contributed by atoms with Crippen molar-refractivity contribution in [2.24, 2.45) is 0 Å². The van der Waals surface area contributed by atoms with E-state index in [1.165, 1.54) is 22.3 Å². The molecule has 1 heterocycles. The molecule has 0 radical (unpaired) electrons. The monoisotopic (exact) mass is 451 g/mol. The summed E-state index contributed by atoms with van der Waals surface area (Å²) in [4.78, 5) is 5.09. The van der Waals surface area contributed by atoms with Crippen molar-refractivity contribution in [3.63, 3.8) is 0 Å².